The van der Waals surface area contributed by atoms with Gasteiger partial charge in [0.2, 0.25) is 0 Å². The van der Waals surface area contributed by atoms with E-state index in [9.17, 15) is 0 Å². The Morgan fingerprint density at radius 1 is 1.35 bits per heavy atom. The molecule has 0 bridgehead atoms. The second-order valence-corrected chi connectivity index (χ2v) is 4.83. The van der Waals surface area contributed by atoms with Crippen LogP contribution in [0.15, 0.2) is 28.8 Å². The fourth-order valence-electron chi connectivity index (χ4n) is 2.06. The molecule has 1 aromatic heterocycles. The molecule has 5 heteroatoms. The van der Waals surface area contributed by atoms with Gasteiger partial charge in [0.05, 0.1) is 6.54 Å². The van der Waals surface area contributed by atoms with Crippen LogP contribution in [0, 0.1) is 6.92 Å². The third kappa shape index (κ3) is 3.88. The molecule has 1 aromatic carbocycles. The van der Waals surface area contributed by atoms with Crippen LogP contribution in [-0.4, -0.2) is 39.8 Å². The van der Waals surface area contributed by atoms with Gasteiger partial charge in [0, 0.05) is 18.7 Å². The van der Waals surface area contributed by atoms with Crippen LogP contribution in [0.2, 0.25) is 0 Å². The Balaban J connectivity index is 2.05. The molecular formula is C15H21N3O2. The zero-order chi connectivity index (χ0) is 14.4. The second-order valence-electron chi connectivity index (χ2n) is 4.83. The van der Waals surface area contributed by atoms with E-state index in [2.05, 4.69) is 22.0 Å². The van der Waals surface area contributed by atoms with Crippen LogP contribution in [0.25, 0.3) is 11.5 Å². The average molecular weight is 275 g/mol. The van der Waals surface area contributed by atoms with Crippen molar-refractivity contribution in [2.24, 2.45) is 0 Å². The zero-order valence-electron chi connectivity index (χ0n) is 12.0. The standard InChI is InChI=1S/C15H21N3O2/c1-3-18(8-5-9-19)11-14-16-15(20-17-14)13-7-4-6-12(2)10-13/h4,6-7,10,19H,3,5,8-9,11H2,1-2H3. The third-order valence-electron chi connectivity index (χ3n) is 3.18. The molecule has 1 heterocycles. The minimum atomic E-state index is 0.206. The summed E-state index contributed by atoms with van der Waals surface area (Å²) in [6.07, 6.45) is 0.760. The monoisotopic (exact) mass is 275 g/mol. The lowest BCUT2D eigenvalue weighted by atomic mass is 10.1. The highest BCUT2D eigenvalue weighted by Crippen LogP contribution is 2.18. The Morgan fingerprint density at radius 3 is 2.90 bits per heavy atom. The summed E-state index contributed by atoms with van der Waals surface area (Å²) >= 11 is 0. The highest BCUT2D eigenvalue weighted by molar-refractivity contribution is 5.53. The molecule has 20 heavy (non-hydrogen) atoms. The van der Waals surface area contributed by atoms with Gasteiger partial charge in [-0.2, -0.15) is 4.98 Å². The number of aliphatic hydroxyl groups is 1. The second kappa shape index (κ2) is 7.17. The van der Waals surface area contributed by atoms with E-state index in [1.54, 1.807) is 0 Å². The quantitative estimate of drug-likeness (QED) is 0.839. The van der Waals surface area contributed by atoms with Crippen molar-refractivity contribution >= 4 is 0 Å². The van der Waals surface area contributed by atoms with Crippen molar-refractivity contribution in [1.29, 1.82) is 0 Å². The van der Waals surface area contributed by atoms with Crippen LogP contribution < -0.4 is 0 Å². The number of aryl methyl sites for hydroxylation is 1. The maximum atomic E-state index is 8.88. The number of hydrogen-bond donors (Lipinski definition) is 1. The summed E-state index contributed by atoms with van der Waals surface area (Å²) in [7, 11) is 0. The SMILES string of the molecule is CCN(CCCO)Cc1noc(-c2cccc(C)c2)n1. The lowest BCUT2D eigenvalue weighted by Crippen LogP contribution is -2.25. The first-order valence-corrected chi connectivity index (χ1v) is 6.95. The molecule has 108 valence electrons. The number of hydrogen-bond acceptors (Lipinski definition) is 5. The fraction of sp³-hybridized carbons (Fsp3) is 0.467. The van der Waals surface area contributed by atoms with E-state index in [0.717, 1.165) is 25.1 Å². The minimum Gasteiger partial charge on any atom is -0.396 e. The number of nitrogens with zero attached hydrogens (tertiary/aromatic N) is 3. The molecule has 0 saturated carbocycles. The molecule has 0 radical (unpaired) electrons. The molecule has 0 atom stereocenters. The maximum Gasteiger partial charge on any atom is 0.257 e. The molecule has 0 aliphatic heterocycles. The minimum absolute atomic E-state index is 0.206. The molecule has 0 aliphatic rings. The molecule has 5 nitrogen and oxygen atoms in total. The summed E-state index contributed by atoms with van der Waals surface area (Å²) in [5.41, 5.74) is 2.11. The maximum absolute atomic E-state index is 8.88. The largest absolute Gasteiger partial charge is 0.396 e. The summed E-state index contributed by atoms with van der Waals surface area (Å²) in [5, 5.41) is 12.9. The highest BCUT2D eigenvalue weighted by atomic mass is 16.5. The molecule has 2 rings (SSSR count). The molecule has 0 unspecified atom stereocenters. The van der Waals surface area contributed by atoms with Crippen LogP contribution in [-0.2, 0) is 6.54 Å². The number of benzene rings is 1. The van der Waals surface area contributed by atoms with Crippen LogP contribution in [0.1, 0.15) is 24.7 Å². The van der Waals surface area contributed by atoms with E-state index in [1.807, 2.05) is 31.2 Å². The van der Waals surface area contributed by atoms with E-state index in [1.165, 1.54) is 5.56 Å². The van der Waals surface area contributed by atoms with Gasteiger partial charge in [-0.1, -0.05) is 29.8 Å². The number of aliphatic hydroxyl groups excluding tert-OH is 1. The predicted molar refractivity (Wildman–Crippen MR) is 77.1 cm³/mol. The molecular weight excluding hydrogens is 254 g/mol. The summed E-state index contributed by atoms with van der Waals surface area (Å²) in [5.74, 6) is 1.24. The summed E-state index contributed by atoms with van der Waals surface area (Å²) < 4.78 is 5.32. The molecule has 1 N–H and O–H groups in total. The van der Waals surface area contributed by atoms with Crippen molar-refractivity contribution in [3.8, 4) is 11.5 Å². The Kier molecular flexibility index (Phi) is 5.26. The normalized spacial score (nSPS) is 11.2. The first-order valence-electron chi connectivity index (χ1n) is 6.95. The van der Waals surface area contributed by atoms with Gasteiger partial charge in [-0.25, -0.2) is 0 Å². The topological polar surface area (TPSA) is 62.4 Å². The van der Waals surface area contributed by atoms with Gasteiger partial charge >= 0.3 is 0 Å². The summed E-state index contributed by atoms with van der Waals surface area (Å²) in [4.78, 5) is 6.62. The highest BCUT2D eigenvalue weighted by Gasteiger charge is 2.11. The Labute approximate surface area is 119 Å². The Morgan fingerprint density at radius 2 is 2.20 bits per heavy atom. The zero-order valence-corrected chi connectivity index (χ0v) is 12.0. The van der Waals surface area contributed by atoms with Crippen LogP contribution in [0.3, 0.4) is 0 Å². The van der Waals surface area contributed by atoms with E-state index in [4.69, 9.17) is 9.63 Å². The third-order valence-corrected chi connectivity index (χ3v) is 3.18. The first-order chi connectivity index (χ1) is 9.72. The van der Waals surface area contributed by atoms with Gasteiger partial charge in [-0.05, 0) is 32.0 Å². The molecule has 0 amide bonds. The molecule has 2 aromatic rings. The van der Waals surface area contributed by atoms with Gasteiger partial charge in [0.25, 0.3) is 5.89 Å². The van der Waals surface area contributed by atoms with Crippen LogP contribution in [0.5, 0.6) is 0 Å². The van der Waals surface area contributed by atoms with Gasteiger partial charge in [0.1, 0.15) is 0 Å². The lowest BCUT2D eigenvalue weighted by Gasteiger charge is -2.17. The smallest absolute Gasteiger partial charge is 0.257 e. The van der Waals surface area contributed by atoms with Gasteiger partial charge in [0.15, 0.2) is 5.82 Å². The van der Waals surface area contributed by atoms with Gasteiger partial charge in [-0.15, -0.1) is 0 Å². The molecule has 0 saturated heterocycles. The number of rotatable bonds is 7. The average Bonchev–Trinajstić information content (AvgIpc) is 2.92. The first kappa shape index (κ1) is 14.7. The number of aromatic nitrogens is 2. The van der Waals surface area contributed by atoms with Gasteiger partial charge in [-0.3, -0.25) is 4.90 Å². The lowest BCUT2D eigenvalue weighted by molar-refractivity contribution is 0.220. The Bertz CT molecular complexity index is 539. The summed E-state index contributed by atoms with van der Waals surface area (Å²) in [6, 6.07) is 8.01. The van der Waals surface area contributed by atoms with Crippen molar-refractivity contribution in [2.75, 3.05) is 19.7 Å². The van der Waals surface area contributed by atoms with Crippen LogP contribution in [0.4, 0.5) is 0 Å². The van der Waals surface area contributed by atoms with E-state index >= 15 is 0 Å². The molecule has 0 spiro atoms. The summed E-state index contributed by atoms with van der Waals surface area (Å²) in [6.45, 7) is 6.70. The van der Waals surface area contributed by atoms with Crippen molar-refractivity contribution in [2.45, 2.75) is 26.8 Å². The van der Waals surface area contributed by atoms with Crippen molar-refractivity contribution < 1.29 is 9.63 Å². The predicted octanol–water partition coefficient (Wildman–Crippen LogP) is 2.25. The van der Waals surface area contributed by atoms with Gasteiger partial charge < -0.3 is 9.63 Å². The van der Waals surface area contributed by atoms with Crippen molar-refractivity contribution in [1.82, 2.24) is 15.0 Å². The van der Waals surface area contributed by atoms with Crippen molar-refractivity contribution in [3.63, 3.8) is 0 Å². The van der Waals surface area contributed by atoms with Crippen molar-refractivity contribution in [3.05, 3.63) is 35.7 Å². The molecule has 0 aliphatic carbocycles. The van der Waals surface area contributed by atoms with E-state index in [-0.39, 0.29) is 6.61 Å². The van der Waals surface area contributed by atoms with Crippen LogP contribution >= 0.6 is 0 Å². The van der Waals surface area contributed by atoms with E-state index < -0.39 is 0 Å². The fourth-order valence-corrected chi connectivity index (χ4v) is 2.06. The van der Waals surface area contributed by atoms with E-state index in [0.29, 0.717) is 18.3 Å². The Hall–Kier alpha value is -1.72. The molecule has 0 fully saturated rings.